The van der Waals surface area contributed by atoms with Crippen molar-refractivity contribution in [2.24, 2.45) is 0 Å². The van der Waals surface area contributed by atoms with Crippen LogP contribution in [0, 0.1) is 0 Å². The Hall–Kier alpha value is -3.59. The number of carbonyl (C=O) groups is 2. The molecular formula is C68H116NO8P. The molecule has 0 radical (unpaired) electrons. The minimum absolute atomic E-state index is 0.0376. The van der Waals surface area contributed by atoms with Crippen molar-refractivity contribution >= 4 is 19.8 Å². The van der Waals surface area contributed by atoms with Crippen molar-refractivity contribution in [3.05, 3.63) is 122 Å². The molecule has 0 aliphatic heterocycles. The van der Waals surface area contributed by atoms with E-state index in [1.165, 1.54) is 103 Å². The highest BCUT2D eigenvalue weighted by molar-refractivity contribution is 7.45. The maximum atomic E-state index is 12.8. The number of quaternary nitrogens is 1. The van der Waals surface area contributed by atoms with Gasteiger partial charge in [-0.3, -0.25) is 14.2 Å². The topological polar surface area (TPSA) is 111 Å². The van der Waals surface area contributed by atoms with Crippen LogP contribution < -0.4 is 4.89 Å². The molecular weight excluding hydrogens is 990 g/mol. The van der Waals surface area contributed by atoms with E-state index in [2.05, 4.69) is 135 Å². The van der Waals surface area contributed by atoms with Crippen molar-refractivity contribution in [3.63, 3.8) is 0 Å². The molecule has 78 heavy (non-hydrogen) atoms. The summed E-state index contributed by atoms with van der Waals surface area (Å²) in [5.74, 6) is -0.844. The number of unbranched alkanes of at least 4 members (excludes halogenated alkanes) is 22. The normalized spacial score (nSPS) is 14.1. The highest BCUT2D eigenvalue weighted by Gasteiger charge is 2.22. The number of phosphoric acid groups is 1. The Bertz CT molecular complexity index is 1730. The first-order valence-corrected chi connectivity index (χ1v) is 32.7. The summed E-state index contributed by atoms with van der Waals surface area (Å²) in [5.41, 5.74) is 0. The van der Waals surface area contributed by atoms with E-state index in [0.29, 0.717) is 17.4 Å². The minimum Gasteiger partial charge on any atom is -0.756 e. The van der Waals surface area contributed by atoms with E-state index in [4.69, 9.17) is 18.5 Å². The molecule has 0 N–H and O–H groups in total. The molecule has 0 rings (SSSR count). The highest BCUT2D eigenvalue weighted by Crippen LogP contribution is 2.38. The van der Waals surface area contributed by atoms with Crippen LogP contribution in [-0.4, -0.2) is 70.0 Å². The Morgan fingerprint density at radius 1 is 0.397 bits per heavy atom. The van der Waals surface area contributed by atoms with Crippen molar-refractivity contribution in [1.29, 1.82) is 0 Å². The van der Waals surface area contributed by atoms with Gasteiger partial charge in [-0.05, 0) is 103 Å². The largest absolute Gasteiger partial charge is 0.756 e. The van der Waals surface area contributed by atoms with Gasteiger partial charge in [0.1, 0.15) is 19.8 Å². The maximum Gasteiger partial charge on any atom is 0.306 e. The van der Waals surface area contributed by atoms with Gasteiger partial charge in [0, 0.05) is 12.8 Å². The zero-order valence-corrected chi connectivity index (χ0v) is 51.5. The van der Waals surface area contributed by atoms with Gasteiger partial charge in [0.25, 0.3) is 7.82 Å². The summed E-state index contributed by atoms with van der Waals surface area (Å²) in [7, 11) is 1.15. The molecule has 2 unspecified atom stereocenters. The molecule has 0 saturated carbocycles. The third kappa shape index (κ3) is 61.6. The number of hydrogen-bond acceptors (Lipinski definition) is 8. The summed E-state index contributed by atoms with van der Waals surface area (Å²) in [6.07, 6.45) is 82.4. The van der Waals surface area contributed by atoms with Crippen molar-refractivity contribution in [3.8, 4) is 0 Å². The number of likely N-dealkylation sites (N-methyl/N-ethyl adjacent to an activating group) is 1. The van der Waals surface area contributed by atoms with Gasteiger partial charge in [-0.15, -0.1) is 0 Å². The number of hydrogen-bond donors (Lipinski definition) is 0. The number of esters is 2. The summed E-state index contributed by atoms with van der Waals surface area (Å²) < 4.78 is 34.2. The zero-order chi connectivity index (χ0) is 57.0. The van der Waals surface area contributed by atoms with Crippen LogP contribution in [0.1, 0.15) is 245 Å². The number of nitrogens with zero attached hydrogens (tertiary/aromatic N) is 1. The average molecular weight is 1110 g/mol. The number of phosphoric ester groups is 1. The second-order valence-corrected chi connectivity index (χ2v) is 23.1. The molecule has 0 fully saturated rings. The first kappa shape index (κ1) is 74.4. The van der Waals surface area contributed by atoms with E-state index >= 15 is 0 Å². The zero-order valence-electron chi connectivity index (χ0n) is 50.6. The Labute approximate surface area is 479 Å². The van der Waals surface area contributed by atoms with Gasteiger partial charge in [0.05, 0.1) is 27.7 Å². The maximum absolute atomic E-state index is 12.8. The predicted molar refractivity (Wildman–Crippen MR) is 332 cm³/mol. The molecule has 0 spiro atoms. The predicted octanol–water partition coefficient (Wildman–Crippen LogP) is 19.3. The first-order valence-electron chi connectivity index (χ1n) is 31.2. The molecule has 2 atom stereocenters. The lowest BCUT2D eigenvalue weighted by atomic mass is 10.0. The van der Waals surface area contributed by atoms with Crippen molar-refractivity contribution in [1.82, 2.24) is 0 Å². The molecule has 0 aromatic carbocycles. The van der Waals surface area contributed by atoms with E-state index < -0.39 is 26.5 Å². The van der Waals surface area contributed by atoms with Crippen molar-refractivity contribution in [2.75, 3.05) is 47.5 Å². The molecule has 446 valence electrons. The van der Waals surface area contributed by atoms with Gasteiger partial charge in [-0.2, -0.15) is 0 Å². The number of carbonyl (C=O) groups excluding carboxylic acids is 2. The van der Waals surface area contributed by atoms with Crippen LogP contribution in [0.2, 0.25) is 0 Å². The lowest BCUT2D eigenvalue weighted by Crippen LogP contribution is -2.37. The van der Waals surface area contributed by atoms with E-state index in [9.17, 15) is 19.0 Å². The van der Waals surface area contributed by atoms with Crippen molar-refractivity contribution in [2.45, 2.75) is 251 Å². The van der Waals surface area contributed by atoms with E-state index in [1.807, 2.05) is 21.1 Å². The Kier molecular flexibility index (Phi) is 55.4. The minimum atomic E-state index is -4.65. The monoisotopic (exact) mass is 1110 g/mol. The molecule has 0 bridgehead atoms. The molecule has 0 heterocycles. The highest BCUT2D eigenvalue weighted by atomic mass is 31.2. The van der Waals surface area contributed by atoms with Crippen LogP contribution in [0.15, 0.2) is 122 Å². The SMILES string of the molecule is CC/C=C\C/C=C\C/C=C\C/C=C\C/C=C\C/C=C\CCCCCCCCCCCCC(=O)OC(COC(=O)CCCCCCCCCCCCCC/C=C\C/C=C\C/C=C\C/C=C\CC)COP(=O)([O-])OCC[N+](C)(C)C. The number of allylic oxidation sites excluding steroid dienone is 20. The van der Waals surface area contributed by atoms with Gasteiger partial charge in [0.15, 0.2) is 6.10 Å². The third-order valence-corrected chi connectivity index (χ3v) is 13.9. The summed E-state index contributed by atoms with van der Waals surface area (Å²) in [5, 5.41) is 0. The Balaban J connectivity index is 4.16. The Morgan fingerprint density at radius 3 is 1.03 bits per heavy atom. The van der Waals surface area contributed by atoms with Crippen LogP contribution >= 0.6 is 7.82 Å². The summed E-state index contributed by atoms with van der Waals surface area (Å²) >= 11 is 0. The lowest BCUT2D eigenvalue weighted by molar-refractivity contribution is -0.870. The standard InChI is InChI=1S/C68H116NO8P/c1-6-8-10-12-14-16-18-20-22-24-26-28-30-32-33-34-35-37-39-41-43-45-47-49-51-53-55-57-59-61-68(71)77-66(65-76-78(72,73)75-63-62-69(3,4)5)64-74-67(70)60-58-56-54-52-50-48-46-44-42-40-38-36-31-29-27-25-23-21-19-17-15-13-11-9-7-2/h8-11,14-17,20-23,26-29,32-33,35,37,66H,6-7,12-13,18-19,24-25,30-31,34,36,38-65H2,1-5H3/b10-8-,11-9-,16-14-,17-15-,22-20-,23-21-,28-26-,29-27-,33-32-,37-35-. The summed E-state index contributed by atoms with van der Waals surface area (Å²) in [6.45, 7) is 4.01. The van der Waals surface area contributed by atoms with Gasteiger partial charge >= 0.3 is 11.9 Å². The van der Waals surface area contributed by atoms with Gasteiger partial charge in [-0.1, -0.05) is 251 Å². The fourth-order valence-electron chi connectivity index (χ4n) is 8.24. The van der Waals surface area contributed by atoms with Crippen LogP contribution in [0.5, 0.6) is 0 Å². The quantitative estimate of drug-likeness (QED) is 0.0195. The molecule has 0 amide bonds. The van der Waals surface area contributed by atoms with E-state index in [-0.39, 0.29) is 32.0 Å². The molecule has 0 aromatic rings. The van der Waals surface area contributed by atoms with Gasteiger partial charge in [0.2, 0.25) is 0 Å². The third-order valence-electron chi connectivity index (χ3n) is 13.0. The number of ether oxygens (including phenoxy) is 2. The fourth-order valence-corrected chi connectivity index (χ4v) is 8.97. The van der Waals surface area contributed by atoms with Crippen molar-refractivity contribution < 1.29 is 42.1 Å². The first-order chi connectivity index (χ1) is 38.0. The molecule has 0 saturated heterocycles. The van der Waals surface area contributed by atoms with Crippen LogP contribution in [0.4, 0.5) is 0 Å². The van der Waals surface area contributed by atoms with Gasteiger partial charge < -0.3 is 27.9 Å². The number of rotatable bonds is 56. The molecule has 0 aliphatic carbocycles. The molecule has 9 nitrogen and oxygen atoms in total. The van der Waals surface area contributed by atoms with Crippen LogP contribution in [0.25, 0.3) is 0 Å². The summed E-state index contributed by atoms with van der Waals surface area (Å²) in [4.78, 5) is 38.0. The second-order valence-electron chi connectivity index (χ2n) is 21.7. The Morgan fingerprint density at radius 2 is 0.692 bits per heavy atom. The smallest absolute Gasteiger partial charge is 0.306 e. The van der Waals surface area contributed by atoms with Gasteiger partial charge in [-0.25, -0.2) is 0 Å². The summed E-state index contributed by atoms with van der Waals surface area (Å²) in [6, 6.07) is 0. The van der Waals surface area contributed by atoms with Crippen LogP contribution in [0.3, 0.4) is 0 Å². The average Bonchev–Trinajstić information content (AvgIpc) is 3.41. The molecule has 0 aliphatic rings. The second kappa shape index (κ2) is 58.1. The van der Waals surface area contributed by atoms with Crippen LogP contribution in [-0.2, 0) is 32.7 Å². The lowest BCUT2D eigenvalue weighted by Gasteiger charge is -2.28. The molecule has 10 heteroatoms. The van der Waals surface area contributed by atoms with E-state index in [1.54, 1.807) is 0 Å². The fraction of sp³-hybridized carbons (Fsp3) is 0.676. The van der Waals surface area contributed by atoms with E-state index in [0.717, 1.165) is 109 Å². The molecule has 0 aromatic heterocycles.